The summed E-state index contributed by atoms with van der Waals surface area (Å²) < 4.78 is 0. The van der Waals surface area contributed by atoms with E-state index < -0.39 is 0 Å². The van der Waals surface area contributed by atoms with E-state index in [0.29, 0.717) is 23.2 Å². The van der Waals surface area contributed by atoms with Gasteiger partial charge in [-0.1, -0.05) is 0 Å². The van der Waals surface area contributed by atoms with Crippen molar-refractivity contribution < 1.29 is 4.79 Å². The molecule has 5 nitrogen and oxygen atoms in total. The van der Waals surface area contributed by atoms with Gasteiger partial charge in [-0.15, -0.1) is 0 Å². The van der Waals surface area contributed by atoms with Crippen molar-refractivity contribution in [2.24, 2.45) is 0 Å². The van der Waals surface area contributed by atoms with Gasteiger partial charge in [0.25, 0.3) is 5.91 Å². The van der Waals surface area contributed by atoms with Crippen LogP contribution in [-0.2, 0) is 0 Å². The van der Waals surface area contributed by atoms with Gasteiger partial charge in [0.15, 0.2) is 0 Å². The van der Waals surface area contributed by atoms with Crippen molar-refractivity contribution in [3.05, 3.63) is 11.9 Å². The SMILES string of the molecule is Nc1cn[nH]c1C(=O)NCC1CSCCS1. The van der Waals surface area contributed by atoms with Crippen molar-refractivity contribution >= 4 is 35.1 Å². The molecule has 1 aliphatic heterocycles. The van der Waals surface area contributed by atoms with E-state index in [4.69, 9.17) is 5.73 Å². The van der Waals surface area contributed by atoms with E-state index in [2.05, 4.69) is 15.5 Å². The number of aromatic nitrogens is 2. The molecule has 4 N–H and O–H groups in total. The third-order valence-electron chi connectivity index (χ3n) is 2.27. The lowest BCUT2D eigenvalue weighted by molar-refractivity contribution is 0.0950. The average Bonchev–Trinajstić information content (AvgIpc) is 2.74. The molecule has 1 saturated heterocycles. The molecule has 1 atom stereocenters. The van der Waals surface area contributed by atoms with Crippen LogP contribution in [0, 0.1) is 0 Å². The van der Waals surface area contributed by atoms with E-state index in [9.17, 15) is 4.79 Å². The first-order valence-electron chi connectivity index (χ1n) is 5.04. The molecule has 1 aromatic heterocycles. The Hall–Kier alpha value is -0.820. The zero-order valence-corrected chi connectivity index (χ0v) is 10.4. The number of hydrogen-bond acceptors (Lipinski definition) is 5. The number of nitrogens with two attached hydrogens (primary N) is 1. The topological polar surface area (TPSA) is 83.8 Å². The molecule has 0 radical (unpaired) electrons. The summed E-state index contributed by atoms with van der Waals surface area (Å²) in [5.41, 5.74) is 6.33. The van der Waals surface area contributed by atoms with E-state index in [0.717, 1.165) is 11.5 Å². The molecule has 0 saturated carbocycles. The highest BCUT2D eigenvalue weighted by atomic mass is 32.2. The van der Waals surface area contributed by atoms with Crippen molar-refractivity contribution in [3.63, 3.8) is 0 Å². The van der Waals surface area contributed by atoms with Crippen LogP contribution in [-0.4, -0.2) is 45.2 Å². The fourth-order valence-electron chi connectivity index (χ4n) is 1.43. The van der Waals surface area contributed by atoms with Crippen molar-refractivity contribution in [2.45, 2.75) is 5.25 Å². The van der Waals surface area contributed by atoms with E-state index >= 15 is 0 Å². The van der Waals surface area contributed by atoms with Crippen LogP contribution in [0.1, 0.15) is 10.5 Å². The molecule has 1 amide bonds. The van der Waals surface area contributed by atoms with Crippen LogP contribution in [0.3, 0.4) is 0 Å². The van der Waals surface area contributed by atoms with Crippen molar-refractivity contribution in [1.29, 1.82) is 0 Å². The second-order valence-corrected chi connectivity index (χ2v) is 6.04. The summed E-state index contributed by atoms with van der Waals surface area (Å²) in [5.74, 6) is 3.30. The molecule has 7 heteroatoms. The molecular weight excluding hydrogens is 244 g/mol. The van der Waals surface area contributed by atoms with Gasteiger partial charge in [0.2, 0.25) is 0 Å². The van der Waals surface area contributed by atoms with Gasteiger partial charge in [0.1, 0.15) is 5.69 Å². The molecule has 0 aliphatic carbocycles. The van der Waals surface area contributed by atoms with Gasteiger partial charge in [-0.2, -0.15) is 28.6 Å². The summed E-state index contributed by atoms with van der Waals surface area (Å²) in [5, 5.41) is 9.69. The standard InChI is InChI=1S/C9H14N4OS2/c10-7-4-12-13-8(7)9(14)11-3-6-5-15-1-2-16-6/h4,6H,1-3,5,10H2,(H,11,14)(H,12,13). The molecule has 16 heavy (non-hydrogen) atoms. The number of hydrogen-bond donors (Lipinski definition) is 3. The van der Waals surface area contributed by atoms with Crippen LogP contribution >= 0.6 is 23.5 Å². The van der Waals surface area contributed by atoms with Crippen molar-refractivity contribution in [2.75, 3.05) is 29.5 Å². The number of nitrogens with one attached hydrogen (secondary N) is 2. The number of rotatable bonds is 3. The lowest BCUT2D eigenvalue weighted by Crippen LogP contribution is -2.33. The van der Waals surface area contributed by atoms with Gasteiger partial charge in [0, 0.05) is 29.1 Å². The lowest BCUT2D eigenvalue weighted by Gasteiger charge is -2.20. The predicted octanol–water partition coefficient (Wildman–Crippen LogP) is 0.570. The molecule has 88 valence electrons. The van der Waals surface area contributed by atoms with Crippen LogP contribution in [0.5, 0.6) is 0 Å². The lowest BCUT2D eigenvalue weighted by atomic mass is 10.3. The molecule has 1 aliphatic rings. The number of nitrogens with zero attached hydrogens (tertiary/aromatic N) is 1. The van der Waals surface area contributed by atoms with Gasteiger partial charge in [-0.25, -0.2) is 0 Å². The Morgan fingerprint density at radius 2 is 2.56 bits per heavy atom. The van der Waals surface area contributed by atoms with Crippen LogP contribution < -0.4 is 11.1 Å². The third-order valence-corrected chi connectivity index (χ3v) is 5.12. The summed E-state index contributed by atoms with van der Waals surface area (Å²) in [4.78, 5) is 11.7. The number of anilines is 1. The summed E-state index contributed by atoms with van der Waals surface area (Å²) in [6.07, 6.45) is 1.44. The smallest absolute Gasteiger partial charge is 0.271 e. The number of thioether (sulfide) groups is 2. The van der Waals surface area contributed by atoms with E-state index in [-0.39, 0.29) is 5.91 Å². The fourth-order valence-corrected chi connectivity index (χ4v) is 4.04. The number of H-pyrrole nitrogens is 1. The first kappa shape index (κ1) is 11.7. The first-order chi connectivity index (χ1) is 7.77. The Balaban J connectivity index is 1.81. The highest BCUT2D eigenvalue weighted by Gasteiger charge is 2.17. The molecular formula is C9H14N4OS2. The molecule has 2 heterocycles. The maximum atomic E-state index is 11.7. The molecule has 0 spiro atoms. The van der Waals surface area contributed by atoms with Crippen LogP contribution in [0.25, 0.3) is 0 Å². The summed E-state index contributed by atoms with van der Waals surface area (Å²) in [6, 6.07) is 0. The molecule has 1 fully saturated rings. The Labute approximate surface area is 102 Å². The number of carbonyl (C=O) groups is 1. The van der Waals surface area contributed by atoms with E-state index in [1.165, 1.54) is 11.9 Å². The summed E-state index contributed by atoms with van der Waals surface area (Å²) in [6.45, 7) is 0.689. The second-order valence-electron chi connectivity index (χ2n) is 3.48. The van der Waals surface area contributed by atoms with E-state index in [1.807, 2.05) is 23.5 Å². The average molecular weight is 258 g/mol. The molecule has 0 aromatic carbocycles. The zero-order valence-electron chi connectivity index (χ0n) is 8.73. The second kappa shape index (κ2) is 5.49. The summed E-state index contributed by atoms with van der Waals surface area (Å²) >= 11 is 3.85. The molecule has 0 bridgehead atoms. The Morgan fingerprint density at radius 1 is 1.69 bits per heavy atom. The summed E-state index contributed by atoms with van der Waals surface area (Å²) in [7, 11) is 0. The van der Waals surface area contributed by atoms with Crippen molar-refractivity contribution in [1.82, 2.24) is 15.5 Å². The quantitative estimate of drug-likeness (QED) is 0.738. The minimum absolute atomic E-state index is 0.175. The third kappa shape index (κ3) is 2.85. The predicted molar refractivity (Wildman–Crippen MR) is 68.9 cm³/mol. The highest BCUT2D eigenvalue weighted by molar-refractivity contribution is 8.06. The first-order valence-corrected chi connectivity index (χ1v) is 7.24. The maximum absolute atomic E-state index is 11.7. The largest absolute Gasteiger partial charge is 0.396 e. The Kier molecular flexibility index (Phi) is 4.00. The zero-order chi connectivity index (χ0) is 11.4. The van der Waals surface area contributed by atoms with Crippen LogP contribution in [0.15, 0.2) is 6.20 Å². The van der Waals surface area contributed by atoms with Crippen molar-refractivity contribution in [3.8, 4) is 0 Å². The number of nitrogen functional groups attached to an aromatic ring is 1. The number of carbonyl (C=O) groups excluding carboxylic acids is 1. The Morgan fingerprint density at radius 3 is 3.19 bits per heavy atom. The van der Waals surface area contributed by atoms with Gasteiger partial charge in [0.05, 0.1) is 11.9 Å². The normalized spacial score (nSPS) is 20.6. The van der Waals surface area contributed by atoms with Gasteiger partial charge in [-0.05, 0) is 0 Å². The number of amides is 1. The fraction of sp³-hybridized carbons (Fsp3) is 0.556. The highest BCUT2D eigenvalue weighted by Crippen LogP contribution is 2.23. The van der Waals surface area contributed by atoms with Crippen LogP contribution in [0.2, 0.25) is 0 Å². The molecule has 2 rings (SSSR count). The minimum Gasteiger partial charge on any atom is -0.396 e. The number of aromatic amines is 1. The molecule has 1 aromatic rings. The van der Waals surface area contributed by atoms with Crippen LogP contribution in [0.4, 0.5) is 5.69 Å². The molecule has 1 unspecified atom stereocenters. The monoisotopic (exact) mass is 258 g/mol. The minimum atomic E-state index is -0.175. The Bertz CT molecular complexity index is 362. The van der Waals surface area contributed by atoms with Gasteiger partial charge >= 0.3 is 0 Å². The van der Waals surface area contributed by atoms with E-state index in [1.54, 1.807) is 0 Å². The maximum Gasteiger partial charge on any atom is 0.271 e. The van der Waals surface area contributed by atoms with Gasteiger partial charge < -0.3 is 11.1 Å². The van der Waals surface area contributed by atoms with Gasteiger partial charge in [-0.3, -0.25) is 9.89 Å².